The summed E-state index contributed by atoms with van der Waals surface area (Å²) in [4.78, 5) is 26.2. The van der Waals surface area contributed by atoms with E-state index in [1.807, 2.05) is 11.8 Å². The monoisotopic (exact) mass is 539 g/mol. The van der Waals surface area contributed by atoms with Gasteiger partial charge in [0.05, 0.1) is 22.5 Å². The van der Waals surface area contributed by atoms with E-state index < -0.39 is 6.10 Å². The number of carbonyl (C=O) groups is 1. The van der Waals surface area contributed by atoms with E-state index in [1.54, 1.807) is 18.3 Å². The lowest BCUT2D eigenvalue weighted by atomic mass is 9.92. The van der Waals surface area contributed by atoms with Crippen LogP contribution >= 0.6 is 23.2 Å². The van der Waals surface area contributed by atoms with Crippen LogP contribution in [0.3, 0.4) is 0 Å². The zero-order valence-electron chi connectivity index (χ0n) is 21.4. The van der Waals surface area contributed by atoms with Crippen LogP contribution in [0.15, 0.2) is 30.5 Å². The Balaban J connectivity index is 1.44. The van der Waals surface area contributed by atoms with Crippen molar-refractivity contribution in [3.05, 3.63) is 68.3 Å². The number of hydrogen-bond acceptors (Lipinski definition) is 6. The van der Waals surface area contributed by atoms with Crippen LogP contribution in [0.4, 0.5) is 5.82 Å². The molecular formula is C28H31Cl2N5O2. The van der Waals surface area contributed by atoms with Crippen LogP contribution in [0, 0.1) is 6.92 Å². The van der Waals surface area contributed by atoms with E-state index in [0.717, 1.165) is 51.0 Å². The normalized spacial score (nSPS) is 16.5. The third kappa shape index (κ3) is 5.13. The summed E-state index contributed by atoms with van der Waals surface area (Å²) in [6, 6.07) is 7.67. The highest BCUT2D eigenvalue weighted by Gasteiger charge is 2.27. The smallest absolute Gasteiger partial charge is 0.258 e. The number of rotatable bonds is 5. The molecule has 5 rings (SSSR count). The first-order chi connectivity index (χ1) is 17.7. The van der Waals surface area contributed by atoms with Crippen LogP contribution in [-0.2, 0) is 13.0 Å². The van der Waals surface area contributed by atoms with Gasteiger partial charge < -0.3 is 20.3 Å². The molecule has 37 heavy (non-hydrogen) atoms. The molecule has 194 valence electrons. The third-order valence-corrected chi connectivity index (χ3v) is 7.99. The van der Waals surface area contributed by atoms with Crippen LogP contribution < -0.4 is 10.5 Å². The summed E-state index contributed by atoms with van der Waals surface area (Å²) in [5, 5.41) is 0.696. The summed E-state index contributed by atoms with van der Waals surface area (Å²) in [5.74, 6) is 0.268. The van der Waals surface area contributed by atoms with Crippen LogP contribution in [0.25, 0.3) is 11.3 Å². The Morgan fingerprint density at radius 3 is 2.68 bits per heavy atom. The minimum absolute atomic E-state index is 0.0951. The first-order valence-corrected chi connectivity index (χ1v) is 13.4. The summed E-state index contributed by atoms with van der Waals surface area (Å²) in [6.45, 7) is 7.37. The van der Waals surface area contributed by atoms with Crippen molar-refractivity contribution in [1.82, 2.24) is 19.8 Å². The number of nitrogens with zero attached hydrogens (tertiary/aromatic N) is 4. The fraction of sp³-hybridized carbons (Fsp3) is 0.393. The SMILES string of the molecule is Cc1cc(-c2cnc(N)c(OC(C)c3c(Cl)ccc(C(=O)N4CCCC4)c3Cl)n2)cc2c1CCN(C)C2. The van der Waals surface area contributed by atoms with Gasteiger partial charge in [0.15, 0.2) is 5.82 Å². The average molecular weight is 540 g/mol. The molecule has 1 unspecified atom stereocenters. The molecule has 0 spiro atoms. The zero-order valence-corrected chi connectivity index (χ0v) is 22.9. The number of fused-ring (bicyclic) bond motifs is 1. The molecular weight excluding hydrogens is 509 g/mol. The standard InChI is InChI=1S/C28H31Cl2N5O2/c1-16-12-18(13-19-15-34(3)11-8-20(16)19)23-14-32-26(31)27(33-23)37-17(2)24-22(29)7-6-21(25(24)30)28(36)35-9-4-5-10-35/h6-7,12-14,17H,4-5,8-11,15H2,1-3H3,(H2,31,32). The van der Waals surface area contributed by atoms with Gasteiger partial charge >= 0.3 is 0 Å². The van der Waals surface area contributed by atoms with Crippen molar-refractivity contribution in [2.24, 2.45) is 0 Å². The highest BCUT2D eigenvalue weighted by Crippen LogP contribution is 2.37. The highest BCUT2D eigenvalue weighted by molar-refractivity contribution is 6.38. The maximum atomic E-state index is 13.0. The number of amides is 1. The lowest BCUT2D eigenvalue weighted by Crippen LogP contribution is -2.28. The summed E-state index contributed by atoms with van der Waals surface area (Å²) in [6.07, 6.45) is 4.08. The number of likely N-dealkylation sites (N-methyl/N-ethyl adjacent to an activating group) is 1. The van der Waals surface area contributed by atoms with Gasteiger partial charge in [-0.3, -0.25) is 4.79 Å². The minimum Gasteiger partial charge on any atom is -0.467 e. The molecule has 1 amide bonds. The number of benzene rings is 2. The van der Waals surface area contributed by atoms with Gasteiger partial charge in [-0.2, -0.15) is 0 Å². The van der Waals surface area contributed by atoms with Gasteiger partial charge in [0.2, 0.25) is 0 Å². The second-order valence-electron chi connectivity index (χ2n) is 9.95. The number of anilines is 1. The number of ether oxygens (including phenoxy) is 1. The van der Waals surface area contributed by atoms with Crippen molar-refractivity contribution < 1.29 is 9.53 Å². The van der Waals surface area contributed by atoms with Crippen LogP contribution in [-0.4, -0.2) is 52.4 Å². The molecule has 1 aromatic heterocycles. The fourth-order valence-corrected chi connectivity index (χ4v) is 6.00. The molecule has 2 aliphatic heterocycles. The predicted molar refractivity (Wildman–Crippen MR) is 147 cm³/mol. The molecule has 1 atom stereocenters. The molecule has 1 saturated heterocycles. The second kappa shape index (κ2) is 10.5. The Morgan fingerprint density at radius 1 is 1.16 bits per heavy atom. The minimum atomic E-state index is -0.614. The van der Waals surface area contributed by atoms with Gasteiger partial charge in [-0.05, 0) is 81.1 Å². The van der Waals surface area contributed by atoms with Crippen molar-refractivity contribution >= 4 is 34.9 Å². The van der Waals surface area contributed by atoms with Crippen LogP contribution in [0.5, 0.6) is 5.88 Å². The van der Waals surface area contributed by atoms with Crippen LogP contribution in [0.2, 0.25) is 10.0 Å². The molecule has 0 radical (unpaired) electrons. The lowest BCUT2D eigenvalue weighted by molar-refractivity contribution is 0.0792. The number of aromatic nitrogens is 2. The summed E-state index contributed by atoms with van der Waals surface area (Å²) < 4.78 is 6.17. The number of likely N-dealkylation sites (tertiary alicyclic amines) is 1. The van der Waals surface area contributed by atoms with Crippen molar-refractivity contribution in [3.63, 3.8) is 0 Å². The third-order valence-electron chi connectivity index (χ3n) is 7.26. The van der Waals surface area contributed by atoms with Crippen molar-refractivity contribution in [2.45, 2.75) is 45.8 Å². The zero-order chi connectivity index (χ0) is 26.3. The number of aryl methyl sites for hydroxylation is 1. The molecule has 3 aromatic rings. The number of nitrogens with two attached hydrogens (primary N) is 1. The van der Waals surface area contributed by atoms with E-state index in [-0.39, 0.29) is 22.6 Å². The number of nitrogen functional groups attached to an aromatic ring is 1. The highest BCUT2D eigenvalue weighted by atomic mass is 35.5. The second-order valence-corrected chi connectivity index (χ2v) is 10.7. The van der Waals surface area contributed by atoms with E-state index in [2.05, 4.69) is 36.0 Å². The van der Waals surface area contributed by atoms with Crippen LogP contribution in [0.1, 0.15) is 58.5 Å². The van der Waals surface area contributed by atoms with Gasteiger partial charge in [-0.1, -0.05) is 23.2 Å². The quantitative estimate of drug-likeness (QED) is 0.447. The van der Waals surface area contributed by atoms with E-state index >= 15 is 0 Å². The number of halogens is 2. The first kappa shape index (κ1) is 25.8. The molecule has 3 heterocycles. The molecule has 0 saturated carbocycles. The summed E-state index contributed by atoms with van der Waals surface area (Å²) in [5.41, 5.74) is 12.7. The van der Waals surface area contributed by atoms with Gasteiger partial charge in [0.25, 0.3) is 11.8 Å². The average Bonchev–Trinajstić information content (AvgIpc) is 3.40. The molecule has 1 fully saturated rings. The van der Waals surface area contributed by atoms with E-state index in [0.29, 0.717) is 21.8 Å². The largest absolute Gasteiger partial charge is 0.467 e. The Labute approximate surface area is 227 Å². The number of carbonyl (C=O) groups excluding carboxylic acids is 1. The van der Waals surface area contributed by atoms with E-state index in [4.69, 9.17) is 38.7 Å². The van der Waals surface area contributed by atoms with Crippen molar-refractivity contribution in [1.29, 1.82) is 0 Å². The maximum absolute atomic E-state index is 13.0. The molecule has 2 aliphatic rings. The Hall–Kier alpha value is -2.87. The molecule has 9 heteroatoms. The lowest BCUT2D eigenvalue weighted by Gasteiger charge is -2.27. The summed E-state index contributed by atoms with van der Waals surface area (Å²) in [7, 11) is 2.13. The topological polar surface area (TPSA) is 84.6 Å². The van der Waals surface area contributed by atoms with Gasteiger partial charge in [0, 0.05) is 42.3 Å². The predicted octanol–water partition coefficient (Wildman–Crippen LogP) is 5.70. The van der Waals surface area contributed by atoms with E-state index in [1.165, 1.54) is 16.7 Å². The number of hydrogen-bond donors (Lipinski definition) is 1. The van der Waals surface area contributed by atoms with Crippen molar-refractivity contribution in [3.8, 4) is 17.1 Å². The maximum Gasteiger partial charge on any atom is 0.258 e. The Morgan fingerprint density at radius 2 is 1.92 bits per heavy atom. The van der Waals surface area contributed by atoms with Gasteiger partial charge in [-0.25, -0.2) is 9.97 Å². The summed E-state index contributed by atoms with van der Waals surface area (Å²) >= 11 is 13.3. The molecule has 0 bridgehead atoms. The van der Waals surface area contributed by atoms with Crippen molar-refractivity contribution in [2.75, 3.05) is 32.4 Å². The first-order valence-electron chi connectivity index (χ1n) is 12.6. The van der Waals surface area contributed by atoms with Gasteiger partial charge in [-0.15, -0.1) is 0 Å². The molecule has 2 N–H and O–H groups in total. The van der Waals surface area contributed by atoms with E-state index in [9.17, 15) is 4.79 Å². The molecule has 2 aromatic carbocycles. The molecule has 0 aliphatic carbocycles. The molecule has 7 nitrogen and oxygen atoms in total. The van der Waals surface area contributed by atoms with Gasteiger partial charge in [0.1, 0.15) is 6.10 Å². The fourth-order valence-electron chi connectivity index (χ4n) is 5.24. The Bertz CT molecular complexity index is 1360. The Kier molecular flexibility index (Phi) is 7.30.